The Kier molecular flexibility index (Phi) is 5.39. The highest BCUT2D eigenvalue weighted by molar-refractivity contribution is 6.07. The number of nitrogens with zero attached hydrogens (tertiary/aromatic N) is 1. The highest BCUT2D eigenvalue weighted by atomic mass is 16.1. The summed E-state index contributed by atoms with van der Waals surface area (Å²) in [5.41, 5.74) is 4.37. The molecule has 1 aromatic heterocycles. The van der Waals surface area contributed by atoms with Crippen LogP contribution in [0.1, 0.15) is 35.8 Å². The number of rotatable bonds is 5. The van der Waals surface area contributed by atoms with Crippen LogP contribution >= 0.6 is 0 Å². The van der Waals surface area contributed by atoms with Crippen LogP contribution in [-0.4, -0.2) is 10.9 Å². The zero-order chi connectivity index (χ0) is 20.2. The molecule has 3 nitrogen and oxygen atoms in total. The number of carbonyl (C=O) groups is 1. The second kappa shape index (κ2) is 8.27. The van der Waals surface area contributed by atoms with Gasteiger partial charge in [0.2, 0.25) is 0 Å². The number of para-hydroxylation sites is 1. The van der Waals surface area contributed by atoms with E-state index in [1.54, 1.807) is 0 Å². The minimum Gasteiger partial charge on any atom is -0.345 e. The van der Waals surface area contributed by atoms with Crippen LogP contribution in [0.15, 0.2) is 91.0 Å². The first kappa shape index (κ1) is 18.9. The third-order valence-electron chi connectivity index (χ3n) is 5.14. The second-order valence-electron chi connectivity index (χ2n) is 7.54. The molecule has 0 fully saturated rings. The molecule has 3 aromatic carbocycles. The molecule has 1 heterocycles. The predicted octanol–water partition coefficient (Wildman–Crippen LogP) is 6.03. The number of benzene rings is 3. The molecule has 0 aliphatic carbocycles. The molecule has 0 saturated carbocycles. The highest BCUT2D eigenvalue weighted by Crippen LogP contribution is 2.27. The molecule has 0 aliphatic rings. The summed E-state index contributed by atoms with van der Waals surface area (Å²) >= 11 is 0. The van der Waals surface area contributed by atoms with Crippen LogP contribution < -0.4 is 5.32 Å². The number of pyridine rings is 1. The normalized spacial score (nSPS) is 12.1. The van der Waals surface area contributed by atoms with E-state index in [0.29, 0.717) is 5.56 Å². The Balaban J connectivity index is 1.77. The topological polar surface area (TPSA) is 42.0 Å². The summed E-state index contributed by atoms with van der Waals surface area (Å²) in [5, 5.41) is 4.11. The first-order valence-electron chi connectivity index (χ1n) is 9.94. The number of hydrogen-bond acceptors (Lipinski definition) is 2. The van der Waals surface area contributed by atoms with Gasteiger partial charge in [-0.2, -0.15) is 0 Å². The fourth-order valence-corrected chi connectivity index (χ4v) is 3.63. The first-order chi connectivity index (χ1) is 14.1. The molecule has 29 heavy (non-hydrogen) atoms. The molecule has 0 saturated heterocycles. The molecule has 0 unspecified atom stereocenters. The Morgan fingerprint density at radius 3 is 2.14 bits per heavy atom. The van der Waals surface area contributed by atoms with Gasteiger partial charge in [0.25, 0.3) is 5.91 Å². The summed E-state index contributed by atoms with van der Waals surface area (Å²) in [6.45, 7) is 4.25. The van der Waals surface area contributed by atoms with Gasteiger partial charge in [-0.25, -0.2) is 4.98 Å². The Morgan fingerprint density at radius 1 is 0.828 bits per heavy atom. The minimum atomic E-state index is -0.0802. The van der Waals surface area contributed by atoms with Crippen molar-refractivity contribution in [1.82, 2.24) is 10.3 Å². The van der Waals surface area contributed by atoms with Gasteiger partial charge in [0.05, 0.1) is 22.8 Å². The van der Waals surface area contributed by atoms with Gasteiger partial charge in [0.1, 0.15) is 0 Å². The molecule has 4 aromatic rings. The molecule has 0 spiro atoms. The van der Waals surface area contributed by atoms with E-state index in [2.05, 4.69) is 31.3 Å². The van der Waals surface area contributed by atoms with Gasteiger partial charge in [0, 0.05) is 10.9 Å². The molecule has 0 aliphatic heterocycles. The van der Waals surface area contributed by atoms with Crippen molar-refractivity contribution in [1.29, 1.82) is 0 Å². The lowest BCUT2D eigenvalue weighted by Gasteiger charge is -2.23. The number of aromatic nitrogens is 1. The monoisotopic (exact) mass is 380 g/mol. The molecule has 1 N–H and O–H groups in total. The summed E-state index contributed by atoms with van der Waals surface area (Å²) in [7, 11) is 0. The molecule has 4 rings (SSSR count). The molecule has 1 amide bonds. The van der Waals surface area contributed by atoms with Crippen molar-refractivity contribution in [3.8, 4) is 11.3 Å². The van der Waals surface area contributed by atoms with Crippen molar-refractivity contribution >= 4 is 16.8 Å². The molecule has 3 heteroatoms. The summed E-state index contributed by atoms with van der Waals surface area (Å²) in [4.78, 5) is 18.2. The summed E-state index contributed by atoms with van der Waals surface area (Å²) < 4.78 is 0. The maximum atomic E-state index is 13.4. The van der Waals surface area contributed by atoms with Crippen LogP contribution in [0.2, 0.25) is 0 Å². The van der Waals surface area contributed by atoms with Gasteiger partial charge in [-0.1, -0.05) is 92.7 Å². The third-order valence-corrected chi connectivity index (χ3v) is 5.14. The smallest absolute Gasteiger partial charge is 0.252 e. The number of carbonyl (C=O) groups excluding carboxylic acids is 1. The quantitative estimate of drug-likeness (QED) is 0.459. The highest BCUT2D eigenvalue weighted by Gasteiger charge is 2.21. The van der Waals surface area contributed by atoms with Gasteiger partial charge in [0.15, 0.2) is 0 Å². The van der Waals surface area contributed by atoms with Crippen molar-refractivity contribution in [2.45, 2.75) is 19.9 Å². The lowest BCUT2D eigenvalue weighted by Crippen LogP contribution is -2.32. The van der Waals surface area contributed by atoms with Gasteiger partial charge in [-0.15, -0.1) is 0 Å². The standard InChI is InChI=1S/C26H24N2O/c1-18(2)25(20-13-7-4-8-14-20)28-26(29)22-17-24(19-11-5-3-6-12-19)27-23-16-10-9-15-21(22)23/h3-18,25H,1-2H3,(H,28,29)/t25-/m1/s1. The lowest BCUT2D eigenvalue weighted by molar-refractivity contribution is 0.0927. The zero-order valence-corrected chi connectivity index (χ0v) is 16.7. The van der Waals surface area contributed by atoms with Crippen LogP contribution in [0, 0.1) is 5.92 Å². The van der Waals surface area contributed by atoms with Crippen molar-refractivity contribution in [3.05, 3.63) is 102 Å². The van der Waals surface area contributed by atoms with Gasteiger partial charge in [-0.3, -0.25) is 4.79 Å². The Morgan fingerprint density at radius 2 is 1.45 bits per heavy atom. The maximum Gasteiger partial charge on any atom is 0.252 e. The SMILES string of the molecule is CC(C)[C@@H](NC(=O)c1cc(-c2ccccc2)nc2ccccc12)c1ccccc1. The van der Waals surface area contributed by atoms with E-state index in [9.17, 15) is 4.79 Å². The molecule has 0 bridgehead atoms. The van der Waals surface area contributed by atoms with Gasteiger partial charge in [-0.05, 0) is 23.6 Å². The van der Waals surface area contributed by atoms with E-state index in [1.807, 2.05) is 78.9 Å². The van der Waals surface area contributed by atoms with Crippen LogP contribution in [0.4, 0.5) is 0 Å². The average molecular weight is 380 g/mol. The fourth-order valence-electron chi connectivity index (χ4n) is 3.63. The Bertz CT molecular complexity index is 1120. The van der Waals surface area contributed by atoms with Crippen LogP contribution in [0.25, 0.3) is 22.2 Å². The summed E-state index contributed by atoms with van der Waals surface area (Å²) in [6, 6.07) is 29.7. The molecule has 0 radical (unpaired) electrons. The van der Waals surface area contributed by atoms with Crippen molar-refractivity contribution in [2.24, 2.45) is 5.92 Å². The molecular weight excluding hydrogens is 356 g/mol. The molecule has 144 valence electrons. The number of fused-ring (bicyclic) bond motifs is 1. The largest absolute Gasteiger partial charge is 0.345 e. The van der Waals surface area contributed by atoms with Crippen LogP contribution in [0.5, 0.6) is 0 Å². The number of nitrogens with one attached hydrogen (secondary N) is 1. The number of hydrogen-bond donors (Lipinski definition) is 1. The maximum absolute atomic E-state index is 13.4. The average Bonchev–Trinajstić information content (AvgIpc) is 2.77. The van der Waals surface area contributed by atoms with E-state index >= 15 is 0 Å². The second-order valence-corrected chi connectivity index (χ2v) is 7.54. The number of amides is 1. The fraction of sp³-hybridized carbons (Fsp3) is 0.154. The van der Waals surface area contributed by atoms with E-state index in [-0.39, 0.29) is 17.9 Å². The van der Waals surface area contributed by atoms with Gasteiger partial charge < -0.3 is 5.32 Å². The van der Waals surface area contributed by atoms with Crippen LogP contribution in [-0.2, 0) is 0 Å². The van der Waals surface area contributed by atoms with Crippen LogP contribution in [0.3, 0.4) is 0 Å². The molecular formula is C26H24N2O. The first-order valence-corrected chi connectivity index (χ1v) is 9.94. The van der Waals surface area contributed by atoms with Crippen molar-refractivity contribution in [3.63, 3.8) is 0 Å². The minimum absolute atomic E-state index is 0.0594. The van der Waals surface area contributed by atoms with Gasteiger partial charge >= 0.3 is 0 Å². The Labute approximate surface area is 171 Å². The van der Waals surface area contributed by atoms with E-state index in [4.69, 9.17) is 4.98 Å². The summed E-state index contributed by atoms with van der Waals surface area (Å²) in [6.07, 6.45) is 0. The summed E-state index contributed by atoms with van der Waals surface area (Å²) in [5.74, 6) is 0.186. The van der Waals surface area contributed by atoms with E-state index in [0.717, 1.165) is 27.7 Å². The van der Waals surface area contributed by atoms with E-state index < -0.39 is 0 Å². The third kappa shape index (κ3) is 4.04. The van der Waals surface area contributed by atoms with E-state index in [1.165, 1.54) is 0 Å². The lowest BCUT2D eigenvalue weighted by atomic mass is 9.95. The van der Waals surface area contributed by atoms with Crippen molar-refractivity contribution < 1.29 is 4.79 Å². The Hall–Kier alpha value is -3.46. The van der Waals surface area contributed by atoms with Crippen molar-refractivity contribution in [2.75, 3.05) is 0 Å². The molecule has 1 atom stereocenters. The zero-order valence-electron chi connectivity index (χ0n) is 16.7. The predicted molar refractivity (Wildman–Crippen MR) is 119 cm³/mol.